The van der Waals surface area contributed by atoms with E-state index in [0.29, 0.717) is 30.6 Å². The van der Waals surface area contributed by atoms with Crippen LogP contribution >= 0.6 is 0 Å². The van der Waals surface area contributed by atoms with Crippen LogP contribution in [0.5, 0.6) is 5.88 Å². The van der Waals surface area contributed by atoms with Crippen LogP contribution in [0.2, 0.25) is 0 Å². The maximum absolute atomic E-state index is 12.4. The van der Waals surface area contributed by atoms with E-state index in [1.54, 1.807) is 4.90 Å². The molecule has 1 amide bonds. The summed E-state index contributed by atoms with van der Waals surface area (Å²) < 4.78 is 10.3. The number of hydrogen-bond donors (Lipinski definition) is 0. The maximum atomic E-state index is 12.4. The van der Waals surface area contributed by atoms with Gasteiger partial charge in [0, 0.05) is 25.1 Å². The number of carbonyl (C=O) groups is 1. The Kier molecular flexibility index (Phi) is 4.04. The molecule has 7 nitrogen and oxygen atoms in total. The molecule has 2 aromatic heterocycles. The van der Waals surface area contributed by atoms with Gasteiger partial charge in [-0.15, -0.1) is 0 Å². The summed E-state index contributed by atoms with van der Waals surface area (Å²) in [6, 6.07) is 1.97. The second-order valence-corrected chi connectivity index (χ2v) is 5.38. The quantitative estimate of drug-likeness (QED) is 0.860. The van der Waals surface area contributed by atoms with E-state index < -0.39 is 0 Å². The number of hydrogen-bond acceptors (Lipinski definition) is 6. The van der Waals surface area contributed by atoms with Gasteiger partial charge in [0.05, 0.1) is 25.2 Å². The summed E-state index contributed by atoms with van der Waals surface area (Å²) in [5, 5.41) is 3.92. The number of methoxy groups -OCH3 is 1. The zero-order valence-electron chi connectivity index (χ0n) is 12.7. The van der Waals surface area contributed by atoms with Crippen molar-refractivity contribution in [2.24, 2.45) is 0 Å². The minimum absolute atomic E-state index is 0.112. The third kappa shape index (κ3) is 2.93. The molecule has 1 aliphatic rings. The van der Waals surface area contributed by atoms with E-state index in [1.165, 1.54) is 19.5 Å². The van der Waals surface area contributed by atoms with Crippen LogP contribution in [0, 0.1) is 6.92 Å². The molecule has 3 rings (SSSR count). The Bertz CT molecular complexity index is 662. The lowest BCUT2D eigenvalue weighted by molar-refractivity contribution is 0.0698. The van der Waals surface area contributed by atoms with Gasteiger partial charge < -0.3 is 14.2 Å². The highest BCUT2D eigenvalue weighted by Gasteiger charge is 2.27. The number of ether oxygens (including phenoxy) is 1. The summed E-state index contributed by atoms with van der Waals surface area (Å²) in [7, 11) is 1.50. The van der Waals surface area contributed by atoms with E-state index in [4.69, 9.17) is 9.26 Å². The van der Waals surface area contributed by atoms with Crippen LogP contribution in [0.15, 0.2) is 23.0 Å². The lowest BCUT2D eigenvalue weighted by atomic mass is 9.94. The summed E-state index contributed by atoms with van der Waals surface area (Å²) in [5.41, 5.74) is 1.20. The molecule has 116 valence electrons. The number of rotatable bonds is 3. The van der Waals surface area contributed by atoms with Crippen LogP contribution in [0.25, 0.3) is 0 Å². The molecule has 0 unspecified atom stereocenters. The number of aromatic nitrogens is 3. The molecule has 0 saturated carbocycles. The Morgan fingerprint density at radius 3 is 2.77 bits per heavy atom. The number of carbonyl (C=O) groups excluding carboxylic acids is 1. The number of piperidine rings is 1. The van der Waals surface area contributed by atoms with Crippen molar-refractivity contribution in [1.82, 2.24) is 20.0 Å². The number of amides is 1. The maximum Gasteiger partial charge on any atom is 0.274 e. The van der Waals surface area contributed by atoms with E-state index in [1.807, 2.05) is 13.0 Å². The fourth-order valence-corrected chi connectivity index (χ4v) is 2.65. The van der Waals surface area contributed by atoms with Crippen LogP contribution in [0.4, 0.5) is 0 Å². The molecule has 0 atom stereocenters. The van der Waals surface area contributed by atoms with E-state index in [0.717, 1.165) is 24.3 Å². The molecule has 0 spiro atoms. The second-order valence-electron chi connectivity index (χ2n) is 5.38. The van der Waals surface area contributed by atoms with Crippen molar-refractivity contribution in [3.63, 3.8) is 0 Å². The SMILES string of the molecule is COc1cncc(C(=O)N2CCC(c3cc(C)no3)CC2)n1. The van der Waals surface area contributed by atoms with Crippen molar-refractivity contribution in [2.75, 3.05) is 20.2 Å². The molecule has 0 bridgehead atoms. The summed E-state index contributed by atoms with van der Waals surface area (Å²) in [5.74, 6) is 1.46. The predicted octanol–water partition coefficient (Wildman–Crippen LogP) is 1.80. The molecule has 1 fully saturated rings. The topological polar surface area (TPSA) is 81.4 Å². The molecule has 2 aromatic rings. The van der Waals surface area contributed by atoms with Crippen molar-refractivity contribution < 1.29 is 14.1 Å². The Morgan fingerprint density at radius 2 is 2.14 bits per heavy atom. The summed E-state index contributed by atoms with van der Waals surface area (Å²) in [6.45, 7) is 3.25. The molecule has 22 heavy (non-hydrogen) atoms. The zero-order chi connectivity index (χ0) is 15.5. The Labute approximate surface area is 128 Å². The third-order valence-corrected chi connectivity index (χ3v) is 3.87. The van der Waals surface area contributed by atoms with Gasteiger partial charge in [0.2, 0.25) is 5.88 Å². The number of nitrogens with zero attached hydrogens (tertiary/aromatic N) is 4. The van der Waals surface area contributed by atoms with E-state index in [-0.39, 0.29) is 5.91 Å². The lowest BCUT2D eigenvalue weighted by Crippen LogP contribution is -2.38. The molecule has 1 aliphatic heterocycles. The number of aryl methyl sites for hydroxylation is 1. The number of likely N-dealkylation sites (tertiary alicyclic amines) is 1. The Hall–Kier alpha value is -2.44. The monoisotopic (exact) mass is 302 g/mol. The molecule has 3 heterocycles. The second kappa shape index (κ2) is 6.13. The van der Waals surface area contributed by atoms with Crippen molar-refractivity contribution in [3.05, 3.63) is 35.6 Å². The molecular formula is C15H18N4O3. The largest absolute Gasteiger partial charge is 0.480 e. The first-order valence-corrected chi connectivity index (χ1v) is 7.26. The fraction of sp³-hybridized carbons (Fsp3) is 0.467. The van der Waals surface area contributed by atoms with Crippen molar-refractivity contribution in [3.8, 4) is 5.88 Å². The first kappa shape index (κ1) is 14.5. The van der Waals surface area contributed by atoms with Gasteiger partial charge in [-0.1, -0.05) is 5.16 Å². The van der Waals surface area contributed by atoms with Gasteiger partial charge in [0.15, 0.2) is 5.69 Å². The van der Waals surface area contributed by atoms with Crippen molar-refractivity contribution in [1.29, 1.82) is 0 Å². The van der Waals surface area contributed by atoms with Crippen LogP contribution in [-0.2, 0) is 0 Å². The molecule has 0 radical (unpaired) electrons. The van der Waals surface area contributed by atoms with Crippen molar-refractivity contribution >= 4 is 5.91 Å². The fourth-order valence-electron chi connectivity index (χ4n) is 2.65. The predicted molar refractivity (Wildman–Crippen MR) is 77.7 cm³/mol. The van der Waals surface area contributed by atoms with E-state index in [2.05, 4.69) is 15.1 Å². The Morgan fingerprint density at radius 1 is 1.36 bits per heavy atom. The highest BCUT2D eigenvalue weighted by molar-refractivity contribution is 5.92. The normalized spacial score (nSPS) is 15.8. The van der Waals surface area contributed by atoms with Crippen molar-refractivity contribution in [2.45, 2.75) is 25.7 Å². The summed E-state index contributed by atoms with van der Waals surface area (Å²) in [4.78, 5) is 22.4. The third-order valence-electron chi connectivity index (χ3n) is 3.87. The zero-order valence-corrected chi connectivity index (χ0v) is 12.7. The molecule has 0 aromatic carbocycles. The van der Waals surface area contributed by atoms with E-state index in [9.17, 15) is 4.79 Å². The van der Waals surface area contributed by atoms with Gasteiger partial charge in [-0.05, 0) is 19.8 Å². The van der Waals surface area contributed by atoms with E-state index >= 15 is 0 Å². The van der Waals surface area contributed by atoms with Gasteiger partial charge in [-0.3, -0.25) is 9.78 Å². The van der Waals surface area contributed by atoms with Crippen LogP contribution in [0.3, 0.4) is 0 Å². The molecule has 0 N–H and O–H groups in total. The average molecular weight is 302 g/mol. The molecule has 1 saturated heterocycles. The van der Waals surface area contributed by atoms with Crippen LogP contribution in [-0.4, -0.2) is 46.1 Å². The minimum Gasteiger partial charge on any atom is -0.480 e. The molecular weight excluding hydrogens is 284 g/mol. The lowest BCUT2D eigenvalue weighted by Gasteiger charge is -2.30. The smallest absolute Gasteiger partial charge is 0.274 e. The van der Waals surface area contributed by atoms with Crippen LogP contribution in [0.1, 0.15) is 40.7 Å². The molecule has 0 aliphatic carbocycles. The van der Waals surface area contributed by atoms with Gasteiger partial charge in [-0.2, -0.15) is 0 Å². The average Bonchev–Trinajstić information content (AvgIpc) is 3.01. The first-order valence-electron chi connectivity index (χ1n) is 7.26. The minimum atomic E-state index is -0.112. The van der Waals surface area contributed by atoms with Crippen LogP contribution < -0.4 is 4.74 Å². The van der Waals surface area contributed by atoms with Gasteiger partial charge in [-0.25, -0.2) is 4.98 Å². The van der Waals surface area contributed by atoms with Gasteiger partial charge in [0.25, 0.3) is 5.91 Å². The molecule has 7 heteroatoms. The van der Waals surface area contributed by atoms with Gasteiger partial charge in [0.1, 0.15) is 5.76 Å². The first-order chi connectivity index (χ1) is 10.7. The highest BCUT2D eigenvalue weighted by atomic mass is 16.5. The van der Waals surface area contributed by atoms with Gasteiger partial charge >= 0.3 is 0 Å². The summed E-state index contributed by atoms with van der Waals surface area (Å²) >= 11 is 0. The Balaban J connectivity index is 1.64. The highest BCUT2D eigenvalue weighted by Crippen LogP contribution is 2.28. The standard InChI is InChI=1S/C15H18N4O3/c1-10-7-13(22-18-10)11-3-5-19(6-4-11)15(20)12-8-16-9-14(17-12)21-2/h7-9,11H,3-6H2,1-2H3. The summed E-state index contributed by atoms with van der Waals surface area (Å²) in [6.07, 6.45) is 4.67.